The summed E-state index contributed by atoms with van der Waals surface area (Å²) in [5.74, 6) is -0.613. The van der Waals surface area contributed by atoms with Crippen molar-refractivity contribution in [1.82, 2.24) is 15.5 Å². The maximum absolute atomic E-state index is 13.2. The van der Waals surface area contributed by atoms with Gasteiger partial charge in [-0.15, -0.1) is 0 Å². The first kappa shape index (κ1) is 17.0. The van der Waals surface area contributed by atoms with Crippen molar-refractivity contribution in [3.63, 3.8) is 0 Å². The van der Waals surface area contributed by atoms with Crippen LogP contribution in [0.25, 0.3) is 22.4 Å². The lowest BCUT2D eigenvalue weighted by Crippen LogP contribution is -2.35. The third-order valence-corrected chi connectivity index (χ3v) is 3.80. The summed E-state index contributed by atoms with van der Waals surface area (Å²) in [5.41, 5.74) is 2.44. The zero-order chi connectivity index (χ0) is 18.0. The van der Waals surface area contributed by atoms with Crippen molar-refractivity contribution < 1.29 is 18.4 Å². The molecule has 0 aliphatic heterocycles. The number of methoxy groups -OCH3 is 1. The second-order valence-corrected chi connectivity index (χ2v) is 5.84. The first-order chi connectivity index (χ1) is 12.0. The lowest BCUT2D eigenvalue weighted by molar-refractivity contribution is 0.0907. The molecule has 3 rings (SSSR count). The lowest BCUT2D eigenvalue weighted by Gasteiger charge is -2.13. The number of rotatable bonds is 5. The highest BCUT2D eigenvalue weighted by atomic mass is 19.1. The minimum Gasteiger partial charge on any atom is -0.383 e. The largest absolute Gasteiger partial charge is 0.383 e. The molecular formula is C18H18FN3O3. The molecule has 0 spiro atoms. The summed E-state index contributed by atoms with van der Waals surface area (Å²) in [6, 6.07) is 7.38. The van der Waals surface area contributed by atoms with Gasteiger partial charge in [0.2, 0.25) is 0 Å². The van der Waals surface area contributed by atoms with E-state index in [1.807, 2.05) is 6.92 Å². The van der Waals surface area contributed by atoms with Gasteiger partial charge in [0.15, 0.2) is 0 Å². The Bertz CT molecular complexity index is 906. The topological polar surface area (TPSA) is 77.2 Å². The lowest BCUT2D eigenvalue weighted by atomic mass is 10.0. The fourth-order valence-corrected chi connectivity index (χ4v) is 2.64. The number of aryl methyl sites for hydroxylation is 1. The highest BCUT2D eigenvalue weighted by Crippen LogP contribution is 2.27. The van der Waals surface area contributed by atoms with Gasteiger partial charge in [-0.2, -0.15) is 0 Å². The molecule has 1 atom stereocenters. The van der Waals surface area contributed by atoms with Crippen LogP contribution in [0.3, 0.4) is 0 Å². The quantitative estimate of drug-likeness (QED) is 0.770. The Labute approximate surface area is 144 Å². The molecule has 0 fully saturated rings. The van der Waals surface area contributed by atoms with Crippen LogP contribution in [-0.2, 0) is 4.74 Å². The van der Waals surface area contributed by atoms with Crippen LogP contribution in [0, 0.1) is 12.7 Å². The van der Waals surface area contributed by atoms with Gasteiger partial charge in [-0.1, -0.05) is 5.16 Å². The molecule has 0 radical (unpaired) electrons. The van der Waals surface area contributed by atoms with Crippen LogP contribution < -0.4 is 5.32 Å². The van der Waals surface area contributed by atoms with Gasteiger partial charge in [0.1, 0.15) is 5.82 Å². The molecule has 3 aromatic rings. The standard InChI is InChI=1S/C18H18FN3O3/c1-10(9-24-3)20-17(23)14-8-15(12-4-6-13(19)7-5-12)21-18-16(14)11(2)22-25-18/h4-8,10H,9H2,1-3H3,(H,20,23)/t10-/m0/s1. The van der Waals surface area contributed by atoms with Crippen LogP contribution in [0.4, 0.5) is 4.39 Å². The molecule has 6 nitrogen and oxygen atoms in total. The van der Waals surface area contributed by atoms with E-state index in [0.29, 0.717) is 34.5 Å². The summed E-state index contributed by atoms with van der Waals surface area (Å²) in [6.45, 7) is 4.00. The fourth-order valence-electron chi connectivity index (χ4n) is 2.64. The number of halogens is 1. The van der Waals surface area contributed by atoms with Gasteiger partial charge in [-0.3, -0.25) is 4.79 Å². The Morgan fingerprint density at radius 2 is 2.08 bits per heavy atom. The van der Waals surface area contributed by atoms with Gasteiger partial charge >= 0.3 is 0 Å². The normalized spacial score (nSPS) is 12.3. The maximum Gasteiger partial charge on any atom is 0.259 e. The van der Waals surface area contributed by atoms with Crippen LogP contribution in [0.5, 0.6) is 0 Å². The van der Waals surface area contributed by atoms with Crippen LogP contribution in [0.1, 0.15) is 23.0 Å². The van der Waals surface area contributed by atoms with E-state index in [0.717, 1.165) is 0 Å². The van der Waals surface area contributed by atoms with E-state index in [1.165, 1.54) is 12.1 Å². The highest BCUT2D eigenvalue weighted by Gasteiger charge is 2.20. The van der Waals surface area contributed by atoms with Crippen molar-refractivity contribution in [3.05, 3.63) is 47.4 Å². The van der Waals surface area contributed by atoms with Crippen LogP contribution >= 0.6 is 0 Å². The van der Waals surface area contributed by atoms with Crippen LogP contribution in [0.15, 0.2) is 34.9 Å². The predicted octanol–water partition coefficient (Wildman–Crippen LogP) is 3.10. The average Bonchev–Trinajstić information content (AvgIpc) is 2.96. The van der Waals surface area contributed by atoms with Gasteiger partial charge in [-0.25, -0.2) is 9.37 Å². The van der Waals surface area contributed by atoms with Gasteiger partial charge in [0, 0.05) is 18.7 Å². The SMILES string of the molecule is COC[C@H](C)NC(=O)c1cc(-c2ccc(F)cc2)nc2onc(C)c12. The number of amides is 1. The van der Waals surface area contributed by atoms with E-state index in [2.05, 4.69) is 15.5 Å². The van der Waals surface area contributed by atoms with Crippen molar-refractivity contribution >= 4 is 17.0 Å². The number of pyridine rings is 1. The van der Waals surface area contributed by atoms with Crippen molar-refractivity contribution in [2.75, 3.05) is 13.7 Å². The zero-order valence-corrected chi connectivity index (χ0v) is 14.2. The minimum absolute atomic E-state index is 0.157. The summed E-state index contributed by atoms with van der Waals surface area (Å²) in [7, 11) is 1.57. The molecule has 0 aliphatic rings. The third-order valence-electron chi connectivity index (χ3n) is 3.80. The van der Waals surface area contributed by atoms with E-state index in [-0.39, 0.29) is 23.5 Å². The number of nitrogens with one attached hydrogen (secondary N) is 1. The van der Waals surface area contributed by atoms with Crippen LogP contribution in [-0.4, -0.2) is 35.8 Å². The number of hydrogen-bond acceptors (Lipinski definition) is 5. The van der Waals surface area contributed by atoms with E-state index in [4.69, 9.17) is 9.26 Å². The first-order valence-electron chi connectivity index (χ1n) is 7.82. The molecule has 0 saturated carbocycles. The number of nitrogens with zero attached hydrogens (tertiary/aromatic N) is 2. The van der Waals surface area contributed by atoms with Gasteiger partial charge in [0.05, 0.1) is 28.9 Å². The average molecular weight is 343 g/mol. The van der Waals surface area contributed by atoms with Gasteiger partial charge < -0.3 is 14.6 Å². The molecule has 25 heavy (non-hydrogen) atoms. The van der Waals surface area contributed by atoms with E-state index >= 15 is 0 Å². The summed E-state index contributed by atoms with van der Waals surface area (Å²) in [5, 5.41) is 7.34. The molecule has 0 aliphatic carbocycles. The summed E-state index contributed by atoms with van der Waals surface area (Å²) in [4.78, 5) is 17.1. The Kier molecular flexibility index (Phi) is 4.76. The van der Waals surface area contributed by atoms with E-state index < -0.39 is 0 Å². The molecule has 130 valence electrons. The fraction of sp³-hybridized carbons (Fsp3) is 0.278. The molecule has 2 aromatic heterocycles. The first-order valence-corrected chi connectivity index (χ1v) is 7.82. The highest BCUT2D eigenvalue weighted by molar-refractivity contribution is 6.07. The number of ether oxygens (including phenoxy) is 1. The van der Waals surface area contributed by atoms with Crippen LogP contribution in [0.2, 0.25) is 0 Å². The Hall–Kier alpha value is -2.80. The van der Waals surface area contributed by atoms with E-state index in [9.17, 15) is 9.18 Å². The van der Waals surface area contributed by atoms with Crippen molar-refractivity contribution in [3.8, 4) is 11.3 Å². The van der Waals surface area contributed by atoms with E-state index in [1.54, 1.807) is 32.2 Å². The summed E-state index contributed by atoms with van der Waals surface area (Å²) >= 11 is 0. The monoisotopic (exact) mass is 343 g/mol. The van der Waals surface area contributed by atoms with Gasteiger partial charge in [-0.05, 0) is 44.2 Å². The molecule has 7 heteroatoms. The minimum atomic E-state index is -0.341. The zero-order valence-electron chi connectivity index (χ0n) is 14.2. The Morgan fingerprint density at radius 3 is 2.76 bits per heavy atom. The Morgan fingerprint density at radius 1 is 1.36 bits per heavy atom. The molecule has 0 bridgehead atoms. The second kappa shape index (κ2) is 6.98. The predicted molar refractivity (Wildman–Crippen MR) is 90.7 cm³/mol. The van der Waals surface area contributed by atoms with Gasteiger partial charge in [0.25, 0.3) is 11.6 Å². The number of benzene rings is 1. The van der Waals surface area contributed by atoms with Crippen molar-refractivity contribution in [2.45, 2.75) is 19.9 Å². The number of carbonyl (C=O) groups is 1. The molecule has 0 saturated heterocycles. The number of carbonyl (C=O) groups excluding carboxylic acids is 1. The maximum atomic E-state index is 13.2. The van der Waals surface area contributed by atoms with Crippen molar-refractivity contribution in [1.29, 1.82) is 0 Å². The number of hydrogen-bond donors (Lipinski definition) is 1. The second-order valence-electron chi connectivity index (χ2n) is 5.84. The Balaban J connectivity index is 2.07. The third kappa shape index (κ3) is 3.51. The molecule has 0 unspecified atom stereocenters. The number of fused-ring (bicyclic) bond motifs is 1. The molecular weight excluding hydrogens is 325 g/mol. The molecule has 1 aromatic carbocycles. The molecule has 2 heterocycles. The smallest absolute Gasteiger partial charge is 0.259 e. The number of aromatic nitrogens is 2. The molecule has 1 N–H and O–H groups in total. The summed E-state index contributed by atoms with van der Waals surface area (Å²) in [6.07, 6.45) is 0. The summed E-state index contributed by atoms with van der Waals surface area (Å²) < 4.78 is 23.4. The van der Waals surface area contributed by atoms with Crippen molar-refractivity contribution in [2.24, 2.45) is 0 Å². The molecule has 1 amide bonds.